The van der Waals surface area contributed by atoms with Crippen LogP contribution in [0.1, 0.15) is 77.4 Å². The van der Waals surface area contributed by atoms with Crippen molar-refractivity contribution in [3.05, 3.63) is 28.0 Å². The number of ether oxygens (including phenoxy) is 2. The van der Waals surface area contributed by atoms with Gasteiger partial charge in [0.1, 0.15) is 17.3 Å². The van der Waals surface area contributed by atoms with E-state index in [9.17, 15) is 9.59 Å². The second-order valence-corrected chi connectivity index (χ2v) is 10.3. The molecule has 1 saturated heterocycles. The summed E-state index contributed by atoms with van der Waals surface area (Å²) in [6, 6.07) is 1.91. The Labute approximate surface area is 183 Å². The molecule has 3 heterocycles. The highest BCUT2D eigenvalue weighted by Gasteiger charge is 2.53. The lowest BCUT2D eigenvalue weighted by Crippen LogP contribution is -2.50. The van der Waals surface area contributed by atoms with Crippen LogP contribution in [0.3, 0.4) is 0 Å². The van der Waals surface area contributed by atoms with E-state index in [1.54, 1.807) is 4.90 Å². The third-order valence-electron chi connectivity index (χ3n) is 5.61. The van der Waals surface area contributed by atoms with Crippen LogP contribution >= 0.6 is 11.6 Å². The van der Waals surface area contributed by atoms with Crippen LogP contribution in [0.15, 0.2) is 6.07 Å². The number of hydrogen-bond donors (Lipinski definition) is 1. The van der Waals surface area contributed by atoms with Crippen LogP contribution in [0.5, 0.6) is 0 Å². The van der Waals surface area contributed by atoms with Gasteiger partial charge in [-0.15, -0.1) is 0 Å². The van der Waals surface area contributed by atoms with Gasteiger partial charge in [-0.3, -0.25) is 9.78 Å². The number of likely N-dealkylation sites (tertiary alicyclic amines) is 1. The minimum absolute atomic E-state index is 0.128. The van der Waals surface area contributed by atoms with Crippen LogP contribution in [-0.2, 0) is 19.9 Å². The minimum Gasteiger partial charge on any atom is -0.444 e. The number of rotatable bonds is 2. The Hall–Kier alpha value is -1.86. The first-order valence-corrected chi connectivity index (χ1v) is 10.7. The zero-order valence-corrected chi connectivity index (χ0v) is 19.6. The number of piperidine rings is 1. The lowest BCUT2D eigenvalue weighted by atomic mass is 9.85. The molecule has 1 atom stereocenters. The maximum Gasteiger partial charge on any atom is 0.410 e. The molecule has 0 aliphatic carbocycles. The lowest BCUT2D eigenvalue weighted by Gasteiger charge is -2.41. The second-order valence-electron chi connectivity index (χ2n) is 9.86. The molecule has 1 aromatic heterocycles. The Morgan fingerprint density at radius 1 is 1.27 bits per heavy atom. The molecule has 1 aromatic rings. The van der Waals surface area contributed by atoms with E-state index in [4.69, 9.17) is 26.1 Å². The molecular formula is C22H32ClN3O4. The molecule has 3 rings (SSSR count). The number of nitrogens with zero attached hydrogens (tertiary/aromatic N) is 2. The van der Waals surface area contributed by atoms with Crippen molar-refractivity contribution in [1.29, 1.82) is 0 Å². The monoisotopic (exact) mass is 437 g/mol. The average molecular weight is 438 g/mol. The van der Waals surface area contributed by atoms with E-state index in [2.05, 4.69) is 5.32 Å². The fourth-order valence-electron chi connectivity index (χ4n) is 4.29. The van der Waals surface area contributed by atoms with Gasteiger partial charge in [0.25, 0.3) is 0 Å². The highest BCUT2D eigenvalue weighted by atomic mass is 35.5. The van der Waals surface area contributed by atoms with Crippen LogP contribution in [0, 0.1) is 6.92 Å². The maximum absolute atomic E-state index is 12.5. The Balaban J connectivity index is 1.90. The summed E-state index contributed by atoms with van der Waals surface area (Å²) in [7, 11) is 0. The van der Waals surface area contributed by atoms with E-state index < -0.39 is 22.8 Å². The molecule has 30 heavy (non-hydrogen) atoms. The number of hydrogen-bond acceptors (Lipinski definition) is 5. The predicted molar refractivity (Wildman–Crippen MR) is 114 cm³/mol. The molecule has 0 bridgehead atoms. The molecular weight excluding hydrogens is 406 g/mol. The summed E-state index contributed by atoms with van der Waals surface area (Å²) in [5, 5.41) is 3.56. The molecule has 166 valence electrons. The van der Waals surface area contributed by atoms with E-state index in [-0.39, 0.29) is 12.0 Å². The van der Waals surface area contributed by atoms with E-state index in [0.29, 0.717) is 31.0 Å². The molecule has 2 aliphatic heterocycles. The van der Waals surface area contributed by atoms with Crippen molar-refractivity contribution in [1.82, 2.24) is 15.2 Å². The number of halogens is 1. The number of fused-ring (bicyclic) bond motifs is 2. The third kappa shape index (κ3) is 4.42. The summed E-state index contributed by atoms with van der Waals surface area (Å²) in [6.07, 6.45) is 0.487. The van der Waals surface area contributed by atoms with Crippen LogP contribution in [0.2, 0.25) is 5.02 Å². The quantitative estimate of drug-likeness (QED) is 0.747. The highest BCUT2D eigenvalue weighted by molar-refractivity contribution is 6.31. The number of aromatic nitrogens is 1. The molecule has 8 heteroatoms. The number of aryl methyl sites for hydroxylation is 1. The topological polar surface area (TPSA) is 80.8 Å². The van der Waals surface area contributed by atoms with Gasteiger partial charge in [-0.25, -0.2) is 4.79 Å². The van der Waals surface area contributed by atoms with Crippen LogP contribution < -0.4 is 5.32 Å². The number of nitrogens with one attached hydrogen (secondary N) is 1. The molecule has 7 nitrogen and oxygen atoms in total. The molecule has 0 aromatic carbocycles. The van der Waals surface area contributed by atoms with Crippen molar-refractivity contribution in [3.63, 3.8) is 0 Å². The Morgan fingerprint density at radius 2 is 1.87 bits per heavy atom. The Kier molecular flexibility index (Phi) is 5.84. The van der Waals surface area contributed by atoms with Gasteiger partial charge in [0, 0.05) is 25.6 Å². The largest absolute Gasteiger partial charge is 0.444 e. The van der Waals surface area contributed by atoms with Gasteiger partial charge < -0.3 is 19.7 Å². The molecule has 0 saturated carbocycles. The SMILES string of the molecule is CC(=O)NC(C)(C)C1OC2(CCN(C(=O)OC(C)(C)C)CC2)c2nc(C)c(Cl)cc21. The van der Waals surface area contributed by atoms with Crippen LogP contribution in [0.25, 0.3) is 0 Å². The van der Waals surface area contributed by atoms with Crippen LogP contribution in [0.4, 0.5) is 4.79 Å². The fourth-order valence-corrected chi connectivity index (χ4v) is 4.45. The summed E-state index contributed by atoms with van der Waals surface area (Å²) in [6.45, 7) is 13.8. The standard InChI is InChI=1S/C22H32ClN3O4/c1-13-16(23)12-15-17(24-13)22(29-18(15)21(6,7)25-14(2)27)8-10-26(11-9-22)19(28)30-20(3,4)5/h12,18H,8-11H2,1-7H3,(H,25,27). The number of carbonyl (C=O) groups excluding carboxylic acids is 2. The van der Waals surface area contributed by atoms with Gasteiger partial charge in [0.05, 0.1) is 21.9 Å². The molecule has 1 unspecified atom stereocenters. The summed E-state index contributed by atoms with van der Waals surface area (Å²) in [4.78, 5) is 30.8. The molecule has 1 N–H and O–H groups in total. The maximum atomic E-state index is 12.5. The van der Waals surface area contributed by atoms with Gasteiger partial charge in [0.15, 0.2) is 0 Å². The Morgan fingerprint density at radius 3 is 2.40 bits per heavy atom. The van der Waals surface area contributed by atoms with Gasteiger partial charge in [-0.2, -0.15) is 0 Å². The summed E-state index contributed by atoms with van der Waals surface area (Å²) < 4.78 is 12.2. The van der Waals surface area contributed by atoms with Gasteiger partial charge in [-0.1, -0.05) is 11.6 Å². The average Bonchev–Trinajstić information content (AvgIpc) is 2.88. The second kappa shape index (κ2) is 7.68. The number of amides is 2. The van der Waals surface area contributed by atoms with Crippen molar-refractivity contribution in [2.75, 3.05) is 13.1 Å². The normalized spacial score (nSPS) is 20.8. The smallest absolute Gasteiger partial charge is 0.410 e. The van der Waals surface area contributed by atoms with Gasteiger partial charge >= 0.3 is 6.09 Å². The van der Waals surface area contributed by atoms with Crippen molar-refractivity contribution in [2.45, 2.75) is 84.2 Å². The van der Waals surface area contributed by atoms with E-state index >= 15 is 0 Å². The zero-order chi connectivity index (χ0) is 22.5. The molecule has 2 amide bonds. The summed E-state index contributed by atoms with van der Waals surface area (Å²) in [5.41, 5.74) is 0.694. The zero-order valence-electron chi connectivity index (χ0n) is 18.9. The van der Waals surface area contributed by atoms with Gasteiger partial charge in [-0.05, 0) is 60.5 Å². The first-order valence-electron chi connectivity index (χ1n) is 10.4. The molecule has 0 radical (unpaired) electrons. The van der Waals surface area contributed by atoms with Crippen molar-refractivity contribution in [3.8, 4) is 0 Å². The molecule has 2 aliphatic rings. The third-order valence-corrected chi connectivity index (χ3v) is 6.00. The number of carbonyl (C=O) groups is 2. The first kappa shape index (κ1) is 22.8. The van der Waals surface area contributed by atoms with E-state index in [1.165, 1.54) is 6.92 Å². The summed E-state index contributed by atoms with van der Waals surface area (Å²) >= 11 is 6.39. The Bertz CT molecular complexity index is 855. The summed E-state index contributed by atoms with van der Waals surface area (Å²) in [5.74, 6) is -0.128. The van der Waals surface area contributed by atoms with Crippen molar-refractivity contribution in [2.24, 2.45) is 0 Å². The van der Waals surface area contributed by atoms with E-state index in [1.807, 2.05) is 47.6 Å². The minimum atomic E-state index is -0.646. The molecule has 1 spiro atoms. The predicted octanol–water partition coefficient (Wildman–Crippen LogP) is 4.26. The van der Waals surface area contributed by atoms with Crippen molar-refractivity contribution < 1.29 is 19.1 Å². The van der Waals surface area contributed by atoms with E-state index in [0.717, 1.165) is 17.0 Å². The fraction of sp³-hybridized carbons (Fsp3) is 0.682. The highest BCUT2D eigenvalue weighted by Crippen LogP contribution is 2.52. The lowest BCUT2D eigenvalue weighted by molar-refractivity contribution is -0.141. The number of pyridine rings is 1. The molecule has 1 fully saturated rings. The van der Waals surface area contributed by atoms with Gasteiger partial charge in [0.2, 0.25) is 5.91 Å². The van der Waals surface area contributed by atoms with Crippen molar-refractivity contribution >= 4 is 23.6 Å². The van der Waals surface area contributed by atoms with Crippen LogP contribution in [-0.4, -0.2) is 46.1 Å². The first-order chi connectivity index (χ1) is 13.7.